The highest BCUT2D eigenvalue weighted by Crippen LogP contribution is 2.09. The van der Waals surface area contributed by atoms with Gasteiger partial charge in [-0.05, 0) is 31.7 Å². The van der Waals surface area contributed by atoms with Crippen molar-refractivity contribution < 1.29 is 14.7 Å². The fraction of sp³-hybridized carbons (Fsp3) is 0.529. The van der Waals surface area contributed by atoms with Crippen LogP contribution in [0.25, 0.3) is 0 Å². The quantitative estimate of drug-likeness (QED) is 0.853. The van der Waals surface area contributed by atoms with Crippen LogP contribution in [0.15, 0.2) is 24.3 Å². The standard InChI is InChI=1S/C17H24N2O3/c1-13-2-4-14(5-3-13)6-7-16(21)18-12-17(22)19-10-8-15(20)9-11-19/h2-5,15,20H,6-12H2,1H3,(H,18,21). The smallest absolute Gasteiger partial charge is 0.241 e. The van der Waals surface area contributed by atoms with Crippen LogP contribution >= 0.6 is 0 Å². The van der Waals surface area contributed by atoms with E-state index in [1.54, 1.807) is 4.90 Å². The average molecular weight is 304 g/mol. The van der Waals surface area contributed by atoms with Gasteiger partial charge in [-0.25, -0.2) is 0 Å². The Labute approximate surface area is 131 Å². The Kier molecular flexibility index (Phi) is 5.95. The number of nitrogens with one attached hydrogen (secondary N) is 1. The molecule has 0 aliphatic carbocycles. The molecule has 0 unspecified atom stereocenters. The third-order valence-electron chi connectivity index (χ3n) is 4.02. The van der Waals surface area contributed by atoms with Gasteiger partial charge >= 0.3 is 0 Å². The Bertz CT molecular complexity index is 505. The van der Waals surface area contributed by atoms with E-state index in [1.165, 1.54) is 5.56 Å². The molecule has 1 aromatic rings. The molecule has 0 spiro atoms. The first-order chi connectivity index (χ1) is 10.5. The molecule has 1 heterocycles. The molecule has 0 radical (unpaired) electrons. The van der Waals surface area contributed by atoms with Crippen LogP contribution in [0, 0.1) is 6.92 Å². The van der Waals surface area contributed by atoms with Crippen LogP contribution < -0.4 is 5.32 Å². The lowest BCUT2D eigenvalue weighted by Crippen LogP contribution is -2.45. The lowest BCUT2D eigenvalue weighted by Gasteiger charge is -2.29. The van der Waals surface area contributed by atoms with E-state index in [9.17, 15) is 14.7 Å². The fourth-order valence-electron chi connectivity index (χ4n) is 2.50. The lowest BCUT2D eigenvalue weighted by molar-refractivity contribution is -0.134. The van der Waals surface area contributed by atoms with Crippen LogP contribution in [0.5, 0.6) is 0 Å². The maximum absolute atomic E-state index is 12.0. The van der Waals surface area contributed by atoms with E-state index < -0.39 is 0 Å². The molecule has 0 atom stereocenters. The van der Waals surface area contributed by atoms with Crippen LogP contribution in [-0.2, 0) is 16.0 Å². The van der Waals surface area contributed by atoms with Crippen molar-refractivity contribution in [3.05, 3.63) is 35.4 Å². The first kappa shape index (κ1) is 16.5. The molecule has 2 amide bonds. The van der Waals surface area contributed by atoms with E-state index in [0.29, 0.717) is 38.8 Å². The molecular weight excluding hydrogens is 280 g/mol. The monoisotopic (exact) mass is 304 g/mol. The second kappa shape index (κ2) is 7.94. The van der Waals surface area contributed by atoms with Gasteiger partial charge < -0.3 is 15.3 Å². The summed E-state index contributed by atoms with van der Waals surface area (Å²) in [4.78, 5) is 25.5. The minimum Gasteiger partial charge on any atom is -0.393 e. The van der Waals surface area contributed by atoms with Crippen LogP contribution in [0.4, 0.5) is 0 Å². The molecule has 2 rings (SSSR count). The summed E-state index contributed by atoms with van der Waals surface area (Å²) < 4.78 is 0. The Morgan fingerprint density at radius 3 is 2.50 bits per heavy atom. The maximum Gasteiger partial charge on any atom is 0.241 e. The number of nitrogens with zero attached hydrogens (tertiary/aromatic N) is 1. The second-order valence-corrected chi connectivity index (χ2v) is 5.87. The third-order valence-corrected chi connectivity index (χ3v) is 4.02. The number of aryl methyl sites for hydroxylation is 2. The van der Waals surface area contributed by atoms with Gasteiger partial charge in [-0.2, -0.15) is 0 Å². The van der Waals surface area contributed by atoms with Crippen molar-refractivity contribution in [1.29, 1.82) is 0 Å². The van der Waals surface area contributed by atoms with Gasteiger partial charge in [0.05, 0.1) is 12.6 Å². The number of carbonyl (C=O) groups is 2. The number of benzene rings is 1. The minimum atomic E-state index is -0.298. The maximum atomic E-state index is 12.0. The predicted molar refractivity (Wildman–Crippen MR) is 84.3 cm³/mol. The third kappa shape index (κ3) is 5.15. The molecule has 1 fully saturated rings. The Morgan fingerprint density at radius 1 is 1.23 bits per heavy atom. The molecule has 0 aromatic heterocycles. The Morgan fingerprint density at radius 2 is 1.86 bits per heavy atom. The summed E-state index contributed by atoms with van der Waals surface area (Å²) >= 11 is 0. The molecule has 22 heavy (non-hydrogen) atoms. The first-order valence-corrected chi connectivity index (χ1v) is 7.82. The summed E-state index contributed by atoms with van der Waals surface area (Å²) in [6.45, 7) is 3.21. The zero-order chi connectivity index (χ0) is 15.9. The second-order valence-electron chi connectivity index (χ2n) is 5.87. The Hall–Kier alpha value is -1.88. The molecule has 1 aromatic carbocycles. The van der Waals surface area contributed by atoms with Crippen LogP contribution in [0.2, 0.25) is 0 Å². The number of hydrogen-bond acceptors (Lipinski definition) is 3. The largest absolute Gasteiger partial charge is 0.393 e. The lowest BCUT2D eigenvalue weighted by atomic mass is 10.1. The number of amides is 2. The minimum absolute atomic E-state index is 0.0445. The molecular formula is C17H24N2O3. The van der Waals surface area contributed by atoms with E-state index in [4.69, 9.17) is 0 Å². The van der Waals surface area contributed by atoms with Crippen molar-refractivity contribution in [3.63, 3.8) is 0 Å². The van der Waals surface area contributed by atoms with Crippen molar-refractivity contribution in [1.82, 2.24) is 10.2 Å². The van der Waals surface area contributed by atoms with Crippen LogP contribution in [-0.4, -0.2) is 47.6 Å². The number of aliphatic hydroxyl groups is 1. The van der Waals surface area contributed by atoms with Gasteiger partial charge in [0.1, 0.15) is 0 Å². The van der Waals surface area contributed by atoms with Crippen LogP contribution in [0.3, 0.4) is 0 Å². The Balaban J connectivity index is 1.66. The first-order valence-electron chi connectivity index (χ1n) is 7.82. The van der Waals surface area contributed by atoms with Crippen LogP contribution in [0.1, 0.15) is 30.4 Å². The molecule has 1 aliphatic heterocycles. The van der Waals surface area contributed by atoms with Gasteiger partial charge in [-0.15, -0.1) is 0 Å². The number of carbonyl (C=O) groups excluding carboxylic acids is 2. The van der Waals surface area contributed by atoms with Crippen molar-refractivity contribution in [2.45, 2.75) is 38.7 Å². The van der Waals surface area contributed by atoms with Gasteiger partial charge in [-0.3, -0.25) is 9.59 Å². The van der Waals surface area contributed by atoms with Crippen molar-refractivity contribution >= 4 is 11.8 Å². The predicted octanol–water partition coefficient (Wildman–Crippen LogP) is 1.03. The summed E-state index contributed by atoms with van der Waals surface area (Å²) in [5.74, 6) is -0.179. The SMILES string of the molecule is Cc1ccc(CCC(=O)NCC(=O)N2CCC(O)CC2)cc1. The van der Waals surface area contributed by atoms with E-state index in [0.717, 1.165) is 5.56 Å². The highest BCUT2D eigenvalue weighted by Gasteiger charge is 2.21. The number of hydrogen-bond donors (Lipinski definition) is 2. The van der Waals surface area contributed by atoms with E-state index in [2.05, 4.69) is 5.32 Å². The highest BCUT2D eigenvalue weighted by atomic mass is 16.3. The number of piperidine rings is 1. The number of likely N-dealkylation sites (tertiary alicyclic amines) is 1. The van der Waals surface area contributed by atoms with Gasteiger partial charge in [0.15, 0.2) is 0 Å². The normalized spacial score (nSPS) is 15.6. The summed E-state index contributed by atoms with van der Waals surface area (Å²) in [5, 5.41) is 12.1. The zero-order valence-corrected chi connectivity index (χ0v) is 13.0. The molecule has 0 bridgehead atoms. The van der Waals surface area contributed by atoms with Crippen molar-refractivity contribution in [3.8, 4) is 0 Å². The zero-order valence-electron chi connectivity index (χ0n) is 13.0. The molecule has 5 heteroatoms. The molecule has 120 valence electrons. The molecule has 0 saturated carbocycles. The van der Waals surface area contributed by atoms with Gasteiger partial charge in [0.25, 0.3) is 0 Å². The highest BCUT2D eigenvalue weighted by molar-refractivity contribution is 5.84. The summed E-state index contributed by atoms with van der Waals surface area (Å²) in [6, 6.07) is 8.10. The summed E-state index contributed by atoms with van der Waals surface area (Å²) in [7, 11) is 0. The van der Waals surface area contributed by atoms with E-state index >= 15 is 0 Å². The summed E-state index contributed by atoms with van der Waals surface area (Å²) in [5.41, 5.74) is 2.32. The van der Waals surface area contributed by atoms with E-state index in [1.807, 2.05) is 31.2 Å². The van der Waals surface area contributed by atoms with Crippen molar-refractivity contribution in [2.24, 2.45) is 0 Å². The fourth-order valence-corrected chi connectivity index (χ4v) is 2.50. The van der Waals surface area contributed by atoms with Gasteiger partial charge in [0, 0.05) is 19.5 Å². The number of rotatable bonds is 5. The molecule has 2 N–H and O–H groups in total. The summed E-state index contributed by atoms with van der Waals surface area (Å²) in [6.07, 6.45) is 2.00. The molecule has 5 nitrogen and oxygen atoms in total. The van der Waals surface area contributed by atoms with Crippen molar-refractivity contribution in [2.75, 3.05) is 19.6 Å². The van der Waals surface area contributed by atoms with E-state index in [-0.39, 0.29) is 24.5 Å². The van der Waals surface area contributed by atoms with Gasteiger partial charge in [-0.1, -0.05) is 29.8 Å². The average Bonchev–Trinajstić information content (AvgIpc) is 2.52. The molecule has 1 aliphatic rings. The van der Waals surface area contributed by atoms with Gasteiger partial charge in [0.2, 0.25) is 11.8 Å². The topological polar surface area (TPSA) is 69.6 Å². The molecule has 1 saturated heterocycles. The number of aliphatic hydroxyl groups excluding tert-OH is 1.